The molecule has 0 saturated carbocycles. The standard InChI is InChI=1S/C24H29N7O4.C2HF3O2/c1-16(2)8-11-29-20-21(27-23(29)28-12-9-26-10-13-28)30(15-19(25)33)24(35)31(22(20)34)14-18(32)17-6-4-3-5-7-17;3-2(4,5)1(6)7/h3-8,26H,9-15H2,1-2H3,(H2,25,33);(H,6,7). The number of hydrogen-bond donors (Lipinski definition) is 3. The normalized spacial score (nSPS) is 13.3. The number of hydrogen-bond acceptors (Lipinski definition) is 8. The number of Topliss-reactive ketones (excluding diaryl/α,β-unsaturated/α-hetero) is 1. The summed E-state index contributed by atoms with van der Waals surface area (Å²) < 4.78 is 35.4. The number of nitrogens with two attached hydrogens (primary N) is 1. The number of benzene rings is 1. The van der Waals surface area contributed by atoms with Crippen LogP contribution in [0.4, 0.5) is 19.1 Å². The molecule has 0 spiro atoms. The summed E-state index contributed by atoms with van der Waals surface area (Å²) in [7, 11) is 0. The predicted octanol–water partition coefficient (Wildman–Crippen LogP) is 0.737. The first-order valence-corrected chi connectivity index (χ1v) is 12.7. The minimum Gasteiger partial charge on any atom is -0.475 e. The van der Waals surface area contributed by atoms with Crippen molar-refractivity contribution < 1.29 is 32.7 Å². The summed E-state index contributed by atoms with van der Waals surface area (Å²) in [6, 6.07) is 8.43. The summed E-state index contributed by atoms with van der Waals surface area (Å²) in [4.78, 5) is 67.4. The third-order valence-electron chi connectivity index (χ3n) is 6.13. The molecule has 42 heavy (non-hydrogen) atoms. The van der Waals surface area contributed by atoms with Crippen LogP contribution in [0.15, 0.2) is 51.6 Å². The Morgan fingerprint density at radius 2 is 1.62 bits per heavy atom. The fourth-order valence-electron chi connectivity index (χ4n) is 4.13. The van der Waals surface area contributed by atoms with Crippen molar-refractivity contribution in [2.75, 3.05) is 31.1 Å². The molecule has 0 aliphatic carbocycles. The van der Waals surface area contributed by atoms with E-state index in [1.54, 1.807) is 34.9 Å². The van der Waals surface area contributed by atoms with Crippen LogP contribution in [-0.2, 0) is 29.2 Å². The van der Waals surface area contributed by atoms with Crippen LogP contribution >= 0.6 is 0 Å². The highest BCUT2D eigenvalue weighted by Gasteiger charge is 2.38. The lowest BCUT2D eigenvalue weighted by atomic mass is 10.1. The second kappa shape index (κ2) is 13.3. The van der Waals surface area contributed by atoms with E-state index in [0.29, 0.717) is 31.1 Å². The van der Waals surface area contributed by atoms with Gasteiger partial charge in [0.25, 0.3) is 5.56 Å². The van der Waals surface area contributed by atoms with Gasteiger partial charge in [-0.15, -0.1) is 0 Å². The van der Waals surface area contributed by atoms with Crippen LogP contribution in [0, 0.1) is 0 Å². The van der Waals surface area contributed by atoms with Crippen molar-refractivity contribution in [3.8, 4) is 0 Å². The van der Waals surface area contributed by atoms with E-state index < -0.39 is 48.2 Å². The number of imidazole rings is 1. The van der Waals surface area contributed by atoms with Crippen molar-refractivity contribution in [3.63, 3.8) is 0 Å². The molecule has 1 aliphatic heterocycles. The molecule has 3 aromatic rings. The van der Waals surface area contributed by atoms with Crippen molar-refractivity contribution in [2.24, 2.45) is 5.73 Å². The van der Waals surface area contributed by atoms with Crippen molar-refractivity contribution >= 4 is 34.8 Å². The Bertz CT molecular complexity index is 1610. The minimum absolute atomic E-state index is 0.0814. The van der Waals surface area contributed by atoms with E-state index >= 15 is 0 Å². The van der Waals surface area contributed by atoms with Gasteiger partial charge in [0.2, 0.25) is 11.9 Å². The number of carboxylic acid groups (broad SMARTS) is 1. The lowest BCUT2D eigenvalue weighted by Crippen LogP contribution is -2.44. The molecule has 4 N–H and O–H groups in total. The molecule has 1 saturated heterocycles. The Balaban J connectivity index is 0.000000616. The number of primary amides is 1. The second-order valence-corrected chi connectivity index (χ2v) is 9.53. The summed E-state index contributed by atoms with van der Waals surface area (Å²) in [6.07, 6.45) is -3.13. The van der Waals surface area contributed by atoms with E-state index in [1.807, 2.05) is 24.8 Å². The Morgan fingerprint density at radius 3 is 2.14 bits per heavy atom. The third kappa shape index (κ3) is 7.51. The van der Waals surface area contributed by atoms with Gasteiger partial charge in [-0.1, -0.05) is 42.0 Å². The molecule has 0 unspecified atom stereocenters. The number of nitrogens with one attached hydrogen (secondary N) is 1. The number of aliphatic carboxylic acids is 1. The number of fused-ring (bicyclic) bond motifs is 1. The largest absolute Gasteiger partial charge is 0.490 e. The Kier molecular flexibility index (Phi) is 10.1. The molecule has 4 rings (SSSR count). The number of alkyl halides is 3. The van der Waals surface area contributed by atoms with E-state index in [0.717, 1.165) is 27.8 Å². The molecule has 2 aromatic heterocycles. The van der Waals surface area contributed by atoms with Gasteiger partial charge in [-0.2, -0.15) is 18.2 Å². The van der Waals surface area contributed by atoms with Crippen LogP contribution in [0.3, 0.4) is 0 Å². The molecule has 0 atom stereocenters. The third-order valence-corrected chi connectivity index (χ3v) is 6.13. The molecule has 0 bridgehead atoms. The minimum atomic E-state index is -5.08. The van der Waals surface area contributed by atoms with E-state index in [2.05, 4.69) is 10.3 Å². The number of carboxylic acids is 1. The van der Waals surface area contributed by atoms with Gasteiger partial charge < -0.3 is 25.6 Å². The summed E-state index contributed by atoms with van der Waals surface area (Å²) in [5.41, 5.74) is 5.65. The number of rotatable bonds is 8. The van der Waals surface area contributed by atoms with Crippen LogP contribution in [0.5, 0.6) is 0 Å². The lowest BCUT2D eigenvalue weighted by molar-refractivity contribution is -0.192. The molecule has 13 nitrogen and oxygen atoms in total. The first-order valence-electron chi connectivity index (χ1n) is 12.7. The molecule has 1 fully saturated rings. The van der Waals surface area contributed by atoms with Gasteiger partial charge >= 0.3 is 17.8 Å². The lowest BCUT2D eigenvalue weighted by Gasteiger charge is -2.28. The molecule has 16 heteroatoms. The number of nitrogens with zero attached hydrogens (tertiary/aromatic N) is 5. The zero-order chi connectivity index (χ0) is 31.2. The average Bonchev–Trinajstić information content (AvgIpc) is 3.32. The number of anilines is 1. The monoisotopic (exact) mass is 593 g/mol. The molecule has 1 amide bonds. The van der Waals surface area contributed by atoms with Gasteiger partial charge in [-0.25, -0.2) is 9.59 Å². The first kappa shape index (κ1) is 31.8. The van der Waals surface area contributed by atoms with Crippen LogP contribution in [-0.4, -0.2) is 73.8 Å². The maximum atomic E-state index is 13.7. The van der Waals surface area contributed by atoms with Gasteiger partial charge in [0.1, 0.15) is 6.54 Å². The number of aromatic nitrogens is 4. The predicted molar refractivity (Wildman–Crippen MR) is 146 cm³/mol. The Hall–Kier alpha value is -4.73. The molecule has 1 aliphatic rings. The van der Waals surface area contributed by atoms with E-state index in [9.17, 15) is 32.3 Å². The smallest absolute Gasteiger partial charge is 0.475 e. The fraction of sp³-hybridized carbons (Fsp3) is 0.385. The average molecular weight is 594 g/mol. The molecular weight excluding hydrogens is 563 g/mol. The zero-order valence-electron chi connectivity index (χ0n) is 22.8. The van der Waals surface area contributed by atoms with Crippen LogP contribution in [0.2, 0.25) is 0 Å². The second-order valence-electron chi connectivity index (χ2n) is 9.53. The van der Waals surface area contributed by atoms with Gasteiger partial charge in [0, 0.05) is 38.3 Å². The van der Waals surface area contributed by atoms with E-state index in [-0.39, 0.29) is 11.2 Å². The molecular formula is C26H30F3N7O6. The highest BCUT2D eigenvalue weighted by atomic mass is 19.4. The number of amides is 1. The number of ketones is 1. The van der Waals surface area contributed by atoms with Crippen LogP contribution in [0.1, 0.15) is 24.2 Å². The number of allylic oxidation sites excluding steroid dienone is 2. The topological polar surface area (TPSA) is 175 Å². The van der Waals surface area contributed by atoms with Crippen LogP contribution < -0.4 is 27.2 Å². The van der Waals surface area contributed by atoms with Crippen LogP contribution in [0.25, 0.3) is 11.2 Å². The number of carbonyl (C=O) groups excluding carboxylic acids is 2. The number of carbonyl (C=O) groups is 3. The Labute approximate surface area is 236 Å². The quantitative estimate of drug-likeness (QED) is 0.251. The number of piperazine rings is 1. The maximum Gasteiger partial charge on any atom is 0.490 e. The maximum absolute atomic E-state index is 13.7. The van der Waals surface area contributed by atoms with Gasteiger partial charge in [-0.05, 0) is 13.8 Å². The fourth-order valence-corrected chi connectivity index (χ4v) is 4.13. The molecule has 1 aromatic carbocycles. The molecule has 3 heterocycles. The highest BCUT2D eigenvalue weighted by Crippen LogP contribution is 2.21. The van der Waals surface area contributed by atoms with Crippen molar-refractivity contribution in [3.05, 3.63) is 68.4 Å². The molecule has 0 radical (unpaired) electrons. The first-order chi connectivity index (χ1) is 19.7. The highest BCUT2D eigenvalue weighted by molar-refractivity contribution is 5.96. The van der Waals surface area contributed by atoms with Crippen molar-refractivity contribution in [1.82, 2.24) is 24.0 Å². The SMILES string of the molecule is CC(C)=CCn1c(N2CCNCC2)nc2c1c(=O)n(CC(=O)c1ccccc1)c(=O)n2CC(N)=O.O=C(O)C(F)(F)F. The summed E-state index contributed by atoms with van der Waals surface area (Å²) in [6.45, 7) is 6.13. The van der Waals surface area contributed by atoms with Gasteiger partial charge in [-0.3, -0.25) is 23.5 Å². The van der Waals surface area contributed by atoms with Crippen molar-refractivity contribution in [1.29, 1.82) is 0 Å². The van der Waals surface area contributed by atoms with Gasteiger partial charge in [0.15, 0.2) is 16.9 Å². The summed E-state index contributed by atoms with van der Waals surface area (Å²) in [5.74, 6) is -3.38. The molecule has 226 valence electrons. The van der Waals surface area contributed by atoms with E-state index in [4.69, 9.17) is 15.6 Å². The Morgan fingerprint density at radius 1 is 1.02 bits per heavy atom. The van der Waals surface area contributed by atoms with E-state index in [1.165, 1.54) is 0 Å². The summed E-state index contributed by atoms with van der Waals surface area (Å²) >= 11 is 0. The van der Waals surface area contributed by atoms with Gasteiger partial charge in [0.05, 0.1) is 6.54 Å². The zero-order valence-corrected chi connectivity index (χ0v) is 22.8. The number of halogens is 3. The van der Waals surface area contributed by atoms with Crippen molar-refractivity contribution in [2.45, 2.75) is 39.7 Å². The summed E-state index contributed by atoms with van der Waals surface area (Å²) in [5, 5.41) is 10.4.